The topological polar surface area (TPSA) is 38.7 Å². The predicted octanol–water partition coefficient (Wildman–Crippen LogP) is 3.65. The van der Waals surface area contributed by atoms with Crippen LogP contribution in [-0.4, -0.2) is 12.2 Å². The van der Waals surface area contributed by atoms with E-state index in [-0.39, 0.29) is 0 Å². The third kappa shape index (κ3) is 2.23. The molecule has 1 aliphatic rings. The number of benzene rings is 2. The van der Waals surface area contributed by atoms with Gasteiger partial charge in [0, 0.05) is 11.1 Å². The smallest absolute Gasteiger partial charge is 0.222 e. The Labute approximate surface area is 117 Å². The van der Waals surface area contributed by atoms with Gasteiger partial charge in [-0.15, -0.1) is 0 Å². The minimum atomic E-state index is -0.585. The Morgan fingerprint density at radius 3 is 2.65 bits per heavy atom. The molecule has 0 aliphatic carbocycles. The van der Waals surface area contributed by atoms with Crippen LogP contribution in [0.15, 0.2) is 47.5 Å². The molecule has 0 bridgehead atoms. The average Bonchev–Trinajstić information content (AvgIpc) is 2.46. The van der Waals surface area contributed by atoms with Crippen LogP contribution in [0.1, 0.15) is 28.4 Å². The predicted molar refractivity (Wildman–Crippen MR) is 78.4 cm³/mol. The summed E-state index contributed by atoms with van der Waals surface area (Å²) in [7, 11) is 0. The van der Waals surface area contributed by atoms with E-state index in [1.54, 1.807) is 0 Å². The summed E-state index contributed by atoms with van der Waals surface area (Å²) in [6, 6.07) is 13.8. The standard InChI is InChI=1S/C17H15NO2/c1-11-4-3-5-13(8-11)17-18-15-7-6-12(2)9-14(15)16(10-19)20-17/h3-10,16H,1-2H3. The molecule has 0 saturated carbocycles. The Hall–Kier alpha value is -2.42. The second kappa shape index (κ2) is 4.93. The van der Waals surface area contributed by atoms with Crippen LogP contribution in [0.2, 0.25) is 0 Å². The Morgan fingerprint density at radius 1 is 1.10 bits per heavy atom. The number of hydrogen-bond acceptors (Lipinski definition) is 3. The van der Waals surface area contributed by atoms with E-state index in [2.05, 4.69) is 4.99 Å². The molecule has 1 heterocycles. The van der Waals surface area contributed by atoms with Crippen molar-refractivity contribution in [1.82, 2.24) is 0 Å². The summed E-state index contributed by atoms with van der Waals surface area (Å²) in [4.78, 5) is 15.8. The fourth-order valence-corrected chi connectivity index (χ4v) is 2.33. The van der Waals surface area contributed by atoms with Crippen LogP contribution in [0, 0.1) is 13.8 Å². The zero-order valence-electron chi connectivity index (χ0n) is 11.5. The number of hydrogen-bond donors (Lipinski definition) is 0. The SMILES string of the molecule is Cc1cccc(C2=Nc3ccc(C)cc3C(C=O)O2)c1. The number of fused-ring (bicyclic) bond motifs is 1. The highest BCUT2D eigenvalue weighted by atomic mass is 16.5. The van der Waals surface area contributed by atoms with Gasteiger partial charge in [0.1, 0.15) is 0 Å². The van der Waals surface area contributed by atoms with E-state index in [0.717, 1.165) is 34.2 Å². The molecule has 1 atom stereocenters. The molecule has 0 spiro atoms. The number of carbonyl (C=O) groups excluding carboxylic acids is 1. The number of rotatable bonds is 2. The van der Waals surface area contributed by atoms with Gasteiger partial charge < -0.3 is 4.74 Å². The van der Waals surface area contributed by atoms with Gasteiger partial charge in [0.15, 0.2) is 12.4 Å². The molecule has 0 aromatic heterocycles. The van der Waals surface area contributed by atoms with Crippen molar-refractivity contribution < 1.29 is 9.53 Å². The fourth-order valence-electron chi connectivity index (χ4n) is 2.33. The van der Waals surface area contributed by atoms with Gasteiger partial charge in [-0.2, -0.15) is 0 Å². The first kappa shape index (κ1) is 12.6. The molecule has 3 heteroatoms. The lowest BCUT2D eigenvalue weighted by molar-refractivity contribution is -0.114. The molecule has 2 aromatic rings. The van der Waals surface area contributed by atoms with Gasteiger partial charge in [-0.1, -0.05) is 29.3 Å². The van der Waals surface area contributed by atoms with Crippen molar-refractivity contribution in [2.24, 2.45) is 4.99 Å². The summed E-state index contributed by atoms with van der Waals surface area (Å²) in [5.74, 6) is 0.502. The maximum Gasteiger partial charge on any atom is 0.222 e. The van der Waals surface area contributed by atoms with Crippen LogP contribution >= 0.6 is 0 Å². The van der Waals surface area contributed by atoms with E-state index < -0.39 is 6.10 Å². The first-order chi connectivity index (χ1) is 9.67. The van der Waals surface area contributed by atoms with Gasteiger partial charge in [-0.3, -0.25) is 4.79 Å². The quantitative estimate of drug-likeness (QED) is 0.777. The number of carbonyl (C=O) groups is 1. The molecule has 100 valence electrons. The van der Waals surface area contributed by atoms with Gasteiger partial charge >= 0.3 is 0 Å². The highest BCUT2D eigenvalue weighted by Gasteiger charge is 2.24. The van der Waals surface area contributed by atoms with Crippen LogP contribution in [-0.2, 0) is 9.53 Å². The van der Waals surface area contributed by atoms with Gasteiger partial charge in [-0.05, 0) is 38.1 Å². The molecule has 0 saturated heterocycles. The maximum atomic E-state index is 11.3. The maximum absolute atomic E-state index is 11.3. The number of aliphatic imine (C=N–C) groups is 1. The van der Waals surface area contributed by atoms with E-state index in [1.165, 1.54) is 0 Å². The highest BCUT2D eigenvalue weighted by molar-refractivity contribution is 5.98. The van der Waals surface area contributed by atoms with Crippen molar-refractivity contribution in [3.05, 3.63) is 64.7 Å². The summed E-state index contributed by atoms with van der Waals surface area (Å²) in [6.45, 7) is 4.00. The van der Waals surface area contributed by atoms with Crippen molar-refractivity contribution in [1.29, 1.82) is 0 Å². The zero-order chi connectivity index (χ0) is 14.1. The van der Waals surface area contributed by atoms with E-state index in [1.807, 2.05) is 56.3 Å². The number of ether oxygens (including phenoxy) is 1. The summed E-state index contributed by atoms with van der Waals surface area (Å²) in [6.07, 6.45) is 0.237. The molecule has 1 aliphatic heterocycles. The Kier molecular flexibility index (Phi) is 3.11. The van der Waals surface area contributed by atoms with Crippen molar-refractivity contribution >= 4 is 17.9 Å². The van der Waals surface area contributed by atoms with E-state index in [0.29, 0.717) is 5.90 Å². The Balaban J connectivity index is 2.11. The van der Waals surface area contributed by atoms with Crippen molar-refractivity contribution in [3.63, 3.8) is 0 Å². The number of aryl methyl sites for hydroxylation is 2. The van der Waals surface area contributed by atoms with Crippen molar-refractivity contribution in [2.75, 3.05) is 0 Å². The Bertz CT molecular complexity index is 704. The lowest BCUT2D eigenvalue weighted by atomic mass is 10.0. The molecule has 20 heavy (non-hydrogen) atoms. The van der Waals surface area contributed by atoms with Gasteiger partial charge in [0.2, 0.25) is 5.90 Å². The number of nitrogens with zero attached hydrogens (tertiary/aromatic N) is 1. The van der Waals surface area contributed by atoms with Crippen LogP contribution in [0.3, 0.4) is 0 Å². The summed E-state index contributed by atoms with van der Waals surface area (Å²) in [5.41, 5.74) is 4.74. The first-order valence-corrected chi connectivity index (χ1v) is 6.55. The van der Waals surface area contributed by atoms with Crippen LogP contribution in [0.25, 0.3) is 0 Å². The van der Waals surface area contributed by atoms with E-state index >= 15 is 0 Å². The third-order valence-corrected chi connectivity index (χ3v) is 3.34. The van der Waals surface area contributed by atoms with E-state index in [4.69, 9.17) is 4.74 Å². The second-order valence-electron chi connectivity index (χ2n) is 5.02. The molecule has 0 radical (unpaired) electrons. The van der Waals surface area contributed by atoms with Gasteiger partial charge in [0.25, 0.3) is 0 Å². The molecular weight excluding hydrogens is 250 g/mol. The van der Waals surface area contributed by atoms with Gasteiger partial charge in [0.05, 0.1) is 5.69 Å². The van der Waals surface area contributed by atoms with Crippen molar-refractivity contribution in [3.8, 4) is 0 Å². The average molecular weight is 265 g/mol. The minimum absolute atomic E-state index is 0.502. The molecule has 3 rings (SSSR count). The molecule has 3 nitrogen and oxygen atoms in total. The van der Waals surface area contributed by atoms with Crippen LogP contribution < -0.4 is 0 Å². The molecule has 2 aromatic carbocycles. The molecule has 0 amide bonds. The van der Waals surface area contributed by atoms with E-state index in [9.17, 15) is 4.79 Å². The molecular formula is C17H15NO2. The summed E-state index contributed by atoms with van der Waals surface area (Å²) in [5, 5.41) is 0. The monoisotopic (exact) mass is 265 g/mol. The highest BCUT2D eigenvalue weighted by Crippen LogP contribution is 2.33. The van der Waals surface area contributed by atoms with Gasteiger partial charge in [-0.25, -0.2) is 4.99 Å². The molecule has 0 fully saturated rings. The second-order valence-corrected chi connectivity index (χ2v) is 5.02. The van der Waals surface area contributed by atoms with Crippen LogP contribution in [0.5, 0.6) is 0 Å². The Morgan fingerprint density at radius 2 is 1.90 bits per heavy atom. The number of aldehydes is 1. The lowest BCUT2D eigenvalue weighted by Gasteiger charge is -2.22. The lowest BCUT2D eigenvalue weighted by Crippen LogP contribution is -2.18. The zero-order valence-corrected chi connectivity index (χ0v) is 11.5. The molecule has 1 unspecified atom stereocenters. The normalized spacial score (nSPS) is 16.9. The summed E-state index contributed by atoms with van der Waals surface area (Å²) >= 11 is 0. The van der Waals surface area contributed by atoms with Crippen LogP contribution in [0.4, 0.5) is 5.69 Å². The summed E-state index contributed by atoms with van der Waals surface area (Å²) < 4.78 is 5.74. The third-order valence-electron chi connectivity index (χ3n) is 3.34. The largest absolute Gasteiger partial charge is 0.461 e. The first-order valence-electron chi connectivity index (χ1n) is 6.55. The minimum Gasteiger partial charge on any atom is -0.461 e. The van der Waals surface area contributed by atoms with Crippen molar-refractivity contribution in [2.45, 2.75) is 20.0 Å². The molecule has 0 N–H and O–H groups in total. The fraction of sp³-hybridized carbons (Fsp3) is 0.176.